The Morgan fingerprint density at radius 1 is 1.27 bits per heavy atom. The number of hydrogen-bond acceptors (Lipinski definition) is 3. The predicted octanol–water partition coefficient (Wildman–Crippen LogP) is 1.98. The highest BCUT2D eigenvalue weighted by Gasteiger charge is 2.39. The summed E-state index contributed by atoms with van der Waals surface area (Å²) in [5.41, 5.74) is 3.57. The molecule has 1 aromatic rings. The SMILES string of the molecule is COCC1(C(=O)NCCc2c(C)cccc2C)CCNCC1. The van der Waals surface area contributed by atoms with Crippen molar-refractivity contribution in [2.24, 2.45) is 5.41 Å². The summed E-state index contributed by atoms with van der Waals surface area (Å²) in [4.78, 5) is 12.7. The van der Waals surface area contributed by atoms with Crippen LogP contribution in [0.5, 0.6) is 0 Å². The van der Waals surface area contributed by atoms with Gasteiger partial charge >= 0.3 is 0 Å². The monoisotopic (exact) mass is 304 g/mol. The molecule has 122 valence electrons. The lowest BCUT2D eigenvalue weighted by Crippen LogP contribution is -2.50. The fraction of sp³-hybridized carbons (Fsp3) is 0.611. The first-order valence-electron chi connectivity index (χ1n) is 8.12. The van der Waals surface area contributed by atoms with E-state index in [1.54, 1.807) is 7.11 Å². The fourth-order valence-electron chi connectivity index (χ4n) is 3.35. The Labute approximate surface area is 133 Å². The molecular weight excluding hydrogens is 276 g/mol. The zero-order valence-corrected chi connectivity index (χ0v) is 14.0. The van der Waals surface area contributed by atoms with E-state index in [1.807, 2.05) is 0 Å². The molecule has 22 heavy (non-hydrogen) atoms. The molecule has 1 saturated heterocycles. The molecule has 1 aromatic carbocycles. The molecule has 0 bridgehead atoms. The Bertz CT molecular complexity index is 482. The van der Waals surface area contributed by atoms with Gasteiger partial charge in [-0.1, -0.05) is 18.2 Å². The minimum atomic E-state index is -0.360. The van der Waals surface area contributed by atoms with Crippen molar-refractivity contribution >= 4 is 5.91 Å². The van der Waals surface area contributed by atoms with Gasteiger partial charge in [0, 0.05) is 13.7 Å². The van der Waals surface area contributed by atoms with Gasteiger partial charge in [-0.2, -0.15) is 0 Å². The third kappa shape index (κ3) is 3.87. The van der Waals surface area contributed by atoms with Crippen LogP contribution < -0.4 is 10.6 Å². The first kappa shape index (κ1) is 17.0. The molecule has 0 unspecified atom stereocenters. The molecule has 0 saturated carbocycles. The zero-order valence-electron chi connectivity index (χ0n) is 14.0. The second-order valence-electron chi connectivity index (χ2n) is 6.34. The van der Waals surface area contributed by atoms with E-state index in [0.29, 0.717) is 13.2 Å². The molecular formula is C18H28N2O2. The lowest BCUT2D eigenvalue weighted by molar-refractivity contribution is -0.136. The number of hydrogen-bond donors (Lipinski definition) is 2. The lowest BCUT2D eigenvalue weighted by Gasteiger charge is -2.35. The van der Waals surface area contributed by atoms with Gasteiger partial charge in [0.1, 0.15) is 0 Å². The standard InChI is InChI=1S/C18H28N2O2/c1-14-5-4-6-15(2)16(14)7-10-20-17(21)18(13-22-3)8-11-19-12-9-18/h4-6,19H,7-13H2,1-3H3,(H,20,21). The van der Waals surface area contributed by atoms with Gasteiger partial charge in [-0.25, -0.2) is 0 Å². The summed E-state index contributed by atoms with van der Waals surface area (Å²) in [6.07, 6.45) is 2.57. The Balaban J connectivity index is 1.94. The Kier molecular flexibility index (Phi) is 5.98. The van der Waals surface area contributed by atoms with E-state index in [-0.39, 0.29) is 11.3 Å². The van der Waals surface area contributed by atoms with Gasteiger partial charge in [0.2, 0.25) is 5.91 Å². The maximum Gasteiger partial charge on any atom is 0.228 e. The van der Waals surface area contributed by atoms with Crippen LogP contribution in [0, 0.1) is 19.3 Å². The van der Waals surface area contributed by atoms with Crippen molar-refractivity contribution in [2.45, 2.75) is 33.1 Å². The highest BCUT2D eigenvalue weighted by Crippen LogP contribution is 2.29. The number of carbonyl (C=O) groups is 1. The number of piperidine rings is 1. The Hall–Kier alpha value is -1.39. The summed E-state index contributed by atoms with van der Waals surface area (Å²) >= 11 is 0. The van der Waals surface area contributed by atoms with Crippen molar-refractivity contribution in [3.05, 3.63) is 34.9 Å². The van der Waals surface area contributed by atoms with E-state index >= 15 is 0 Å². The molecule has 0 aliphatic carbocycles. The Morgan fingerprint density at radius 2 is 1.91 bits per heavy atom. The van der Waals surface area contributed by atoms with Crippen molar-refractivity contribution in [1.29, 1.82) is 0 Å². The molecule has 1 aliphatic rings. The van der Waals surface area contributed by atoms with Gasteiger partial charge in [0.15, 0.2) is 0 Å². The van der Waals surface area contributed by atoms with Crippen molar-refractivity contribution in [3.63, 3.8) is 0 Å². The van der Waals surface area contributed by atoms with Crippen LogP contribution in [0.3, 0.4) is 0 Å². The van der Waals surface area contributed by atoms with Crippen LogP contribution in [0.4, 0.5) is 0 Å². The molecule has 1 aliphatic heterocycles. The van der Waals surface area contributed by atoms with Gasteiger partial charge in [-0.05, 0) is 62.9 Å². The second kappa shape index (κ2) is 7.75. The van der Waals surface area contributed by atoms with E-state index in [4.69, 9.17) is 4.74 Å². The average Bonchev–Trinajstić information content (AvgIpc) is 2.51. The molecule has 0 aromatic heterocycles. The number of methoxy groups -OCH3 is 1. The summed E-state index contributed by atoms with van der Waals surface area (Å²) in [6, 6.07) is 6.34. The van der Waals surface area contributed by atoms with E-state index in [1.165, 1.54) is 16.7 Å². The maximum atomic E-state index is 12.7. The molecule has 0 spiro atoms. The number of benzene rings is 1. The highest BCUT2D eigenvalue weighted by molar-refractivity contribution is 5.83. The number of ether oxygens (including phenoxy) is 1. The molecule has 2 rings (SSSR count). The van der Waals surface area contributed by atoms with Gasteiger partial charge in [-0.3, -0.25) is 4.79 Å². The smallest absolute Gasteiger partial charge is 0.228 e. The van der Waals surface area contributed by atoms with Crippen LogP contribution in [-0.2, 0) is 16.0 Å². The van der Waals surface area contributed by atoms with E-state index in [9.17, 15) is 4.79 Å². The quantitative estimate of drug-likeness (QED) is 0.845. The maximum absolute atomic E-state index is 12.7. The molecule has 0 radical (unpaired) electrons. The lowest BCUT2D eigenvalue weighted by atomic mass is 9.78. The summed E-state index contributed by atoms with van der Waals surface area (Å²) < 4.78 is 5.32. The first-order valence-corrected chi connectivity index (χ1v) is 8.12. The van der Waals surface area contributed by atoms with Gasteiger partial charge in [0.25, 0.3) is 0 Å². The van der Waals surface area contributed by atoms with Crippen LogP contribution >= 0.6 is 0 Å². The minimum absolute atomic E-state index is 0.141. The Morgan fingerprint density at radius 3 is 2.50 bits per heavy atom. The zero-order chi connectivity index (χ0) is 16.0. The van der Waals surface area contributed by atoms with E-state index in [2.05, 4.69) is 42.7 Å². The van der Waals surface area contributed by atoms with Gasteiger partial charge < -0.3 is 15.4 Å². The third-order valence-corrected chi connectivity index (χ3v) is 4.77. The topological polar surface area (TPSA) is 50.4 Å². The molecule has 2 N–H and O–H groups in total. The molecule has 1 amide bonds. The molecule has 4 nitrogen and oxygen atoms in total. The van der Waals surface area contributed by atoms with Crippen LogP contribution in [0.25, 0.3) is 0 Å². The number of carbonyl (C=O) groups excluding carboxylic acids is 1. The normalized spacial score (nSPS) is 17.2. The van der Waals surface area contributed by atoms with Crippen LogP contribution in [-0.4, -0.2) is 39.3 Å². The minimum Gasteiger partial charge on any atom is -0.384 e. The first-order chi connectivity index (χ1) is 10.6. The largest absolute Gasteiger partial charge is 0.384 e. The van der Waals surface area contributed by atoms with E-state index < -0.39 is 0 Å². The molecule has 0 atom stereocenters. The number of amides is 1. The van der Waals surface area contributed by atoms with Gasteiger partial charge in [-0.15, -0.1) is 0 Å². The summed E-state index contributed by atoms with van der Waals surface area (Å²) in [5, 5.41) is 6.45. The second-order valence-corrected chi connectivity index (χ2v) is 6.34. The molecule has 1 fully saturated rings. The van der Waals surface area contributed by atoms with Crippen LogP contribution in [0.1, 0.15) is 29.5 Å². The van der Waals surface area contributed by atoms with Crippen molar-refractivity contribution in [1.82, 2.24) is 10.6 Å². The third-order valence-electron chi connectivity index (χ3n) is 4.77. The summed E-state index contributed by atoms with van der Waals surface area (Å²) in [6.45, 7) is 7.21. The highest BCUT2D eigenvalue weighted by atomic mass is 16.5. The predicted molar refractivity (Wildman–Crippen MR) is 89.0 cm³/mol. The molecule has 4 heteroatoms. The van der Waals surface area contributed by atoms with Crippen molar-refractivity contribution in [2.75, 3.05) is 33.4 Å². The van der Waals surface area contributed by atoms with Crippen molar-refractivity contribution in [3.8, 4) is 0 Å². The summed E-state index contributed by atoms with van der Waals surface area (Å²) in [5.74, 6) is 0.141. The fourth-order valence-corrected chi connectivity index (χ4v) is 3.35. The van der Waals surface area contributed by atoms with Gasteiger partial charge in [0.05, 0.1) is 12.0 Å². The summed E-state index contributed by atoms with van der Waals surface area (Å²) in [7, 11) is 1.67. The average molecular weight is 304 g/mol. The molecule has 1 heterocycles. The van der Waals surface area contributed by atoms with Crippen LogP contribution in [0.15, 0.2) is 18.2 Å². The van der Waals surface area contributed by atoms with Crippen molar-refractivity contribution < 1.29 is 9.53 Å². The number of aryl methyl sites for hydroxylation is 2. The number of rotatable bonds is 6. The van der Waals surface area contributed by atoms with Crippen LogP contribution in [0.2, 0.25) is 0 Å². The van der Waals surface area contributed by atoms with E-state index in [0.717, 1.165) is 32.4 Å². The number of nitrogens with one attached hydrogen (secondary N) is 2.